The third-order valence-corrected chi connectivity index (χ3v) is 3.25. The molecule has 0 spiro atoms. The summed E-state index contributed by atoms with van der Waals surface area (Å²) in [4.78, 5) is 5.76. The maximum atomic E-state index is 3.50. The molecule has 0 radical (unpaired) electrons. The summed E-state index contributed by atoms with van der Waals surface area (Å²) in [5.41, 5.74) is 1.26. The Morgan fingerprint density at radius 2 is 2.24 bits per heavy atom. The summed E-state index contributed by atoms with van der Waals surface area (Å²) in [6, 6.07) is 4.16. The smallest absolute Gasteiger partial charge is 0.0357 e. The molecule has 2 heterocycles. The Kier molecular flexibility index (Phi) is 5.04. The minimum absolute atomic E-state index is 0.711. The Hall–Kier alpha value is -0.840. The van der Waals surface area contributed by atoms with Crippen LogP contribution in [0.2, 0.25) is 0 Å². The van der Waals surface area contributed by atoms with Gasteiger partial charge in [-0.3, -0.25) is 0 Å². The van der Waals surface area contributed by atoms with Crippen LogP contribution in [0.4, 0.5) is 0 Å². The van der Waals surface area contributed by atoms with Crippen LogP contribution in [-0.2, 0) is 6.54 Å². The molecule has 1 aromatic heterocycles. The van der Waals surface area contributed by atoms with E-state index in [2.05, 4.69) is 33.5 Å². The van der Waals surface area contributed by atoms with Gasteiger partial charge in [-0.1, -0.05) is 6.92 Å². The number of aromatic amines is 1. The number of piperazine rings is 1. The minimum atomic E-state index is 0.711. The molecule has 0 aliphatic carbocycles. The van der Waals surface area contributed by atoms with Gasteiger partial charge in [-0.25, -0.2) is 0 Å². The summed E-state index contributed by atoms with van der Waals surface area (Å²) in [5, 5.41) is 6.89. The molecule has 17 heavy (non-hydrogen) atoms. The van der Waals surface area contributed by atoms with Gasteiger partial charge in [0.15, 0.2) is 0 Å². The fourth-order valence-electron chi connectivity index (χ4n) is 2.33. The highest BCUT2D eigenvalue weighted by atomic mass is 15.2. The van der Waals surface area contributed by atoms with Crippen LogP contribution in [0, 0.1) is 5.92 Å². The molecule has 0 bridgehead atoms. The molecule has 4 nitrogen and oxygen atoms in total. The third kappa shape index (κ3) is 4.50. The van der Waals surface area contributed by atoms with Crippen molar-refractivity contribution in [1.82, 2.24) is 20.5 Å². The van der Waals surface area contributed by atoms with Crippen molar-refractivity contribution in [2.24, 2.45) is 5.92 Å². The topological polar surface area (TPSA) is 43.1 Å². The lowest BCUT2D eigenvalue weighted by atomic mass is 10.1. The molecule has 0 amide bonds. The summed E-state index contributed by atoms with van der Waals surface area (Å²) < 4.78 is 0. The highest BCUT2D eigenvalue weighted by Crippen LogP contribution is 2.01. The molecule has 1 aliphatic heterocycles. The first-order valence-electron chi connectivity index (χ1n) is 6.60. The Bertz CT molecular complexity index is 290. The van der Waals surface area contributed by atoms with E-state index in [0.717, 1.165) is 26.2 Å². The molecule has 1 fully saturated rings. The van der Waals surface area contributed by atoms with Crippen LogP contribution >= 0.6 is 0 Å². The molecule has 1 saturated heterocycles. The van der Waals surface area contributed by atoms with Crippen LogP contribution < -0.4 is 10.6 Å². The quantitative estimate of drug-likeness (QED) is 0.679. The number of rotatable bonds is 6. The van der Waals surface area contributed by atoms with E-state index in [9.17, 15) is 0 Å². The molecule has 1 aliphatic rings. The van der Waals surface area contributed by atoms with Gasteiger partial charge in [0.25, 0.3) is 0 Å². The average Bonchev–Trinajstić information content (AvgIpc) is 2.83. The summed E-state index contributed by atoms with van der Waals surface area (Å²) in [5.74, 6) is 0.711. The second-order valence-electron chi connectivity index (χ2n) is 4.98. The number of hydrogen-bond donors (Lipinski definition) is 3. The number of hydrogen-bond acceptors (Lipinski definition) is 3. The van der Waals surface area contributed by atoms with Crippen molar-refractivity contribution in [1.29, 1.82) is 0 Å². The van der Waals surface area contributed by atoms with E-state index < -0.39 is 0 Å². The van der Waals surface area contributed by atoms with Gasteiger partial charge in [0.1, 0.15) is 0 Å². The summed E-state index contributed by atoms with van der Waals surface area (Å²) in [7, 11) is 0. The van der Waals surface area contributed by atoms with E-state index in [1.807, 2.05) is 12.3 Å². The molecular formula is C13H24N4. The van der Waals surface area contributed by atoms with Gasteiger partial charge >= 0.3 is 0 Å². The predicted molar refractivity (Wildman–Crippen MR) is 71.0 cm³/mol. The first kappa shape index (κ1) is 12.6. The lowest BCUT2D eigenvalue weighted by Crippen LogP contribution is -2.45. The maximum absolute atomic E-state index is 3.50. The average molecular weight is 236 g/mol. The van der Waals surface area contributed by atoms with Crippen molar-refractivity contribution in [3.63, 3.8) is 0 Å². The first-order valence-corrected chi connectivity index (χ1v) is 6.60. The van der Waals surface area contributed by atoms with Gasteiger partial charge < -0.3 is 20.5 Å². The lowest BCUT2D eigenvalue weighted by molar-refractivity contribution is 0.209. The van der Waals surface area contributed by atoms with Crippen molar-refractivity contribution < 1.29 is 0 Å². The minimum Gasteiger partial charge on any atom is -0.364 e. The largest absolute Gasteiger partial charge is 0.364 e. The highest BCUT2D eigenvalue weighted by molar-refractivity contribution is 5.02. The maximum Gasteiger partial charge on any atom is 0.0357 e. The van der Waals surface area contributed by atoms with Gasteiger partial charge in [-0.05, 0) is 24.6 Å². The molecular weight excluding hydrogens is 212 g/mol. The Labute approximate surface area is 104 Å². The van der Waals surface area contributed by atoms with E-state index in [1.54, 1.807) is 0 Å². The zero-order chi connectivity index (χ0) is 11.9. The monoisotopic (exact) mass is 236 g/mol. The molecule has 0 aromatic carbocycles. The van der Waals surface area contributed by atoms with Crippen LogP contribution in [0.5, 0.6) is 0 Å². The molecule has 4 heteroatoms. The van der Waals surface area contributed by atoms with Gasteiger partial charge in [-0.15, -0.1) is 0 Å². The Balaban J connectivity index is 1.58. The molecule has 2 rings (SSSR count). The van der Waals surface area contributed by atoms with Crippen molar-refractivity contribution in [3.8, 4) is 0 Å². The van der Waals surface area contributed by atoms with E-state index >= 15 is 0 Å². The summed E-state index contributed by atoms with van der Waals surface area (Å²) in [6.45, 7) is 10.2. The number of aromatic nitrogens is 1. The zero-order valence-corrected chi connectivity index (χ0v) is 10.7. The fourth-order valence-corrected chi connectivity index (χ4v) is 2.33. The van der Waals surface area contributed by atoms with Crippen molar-refractivity contribution in [3.05, 3.63) is 24.0 Å². The Morgan fingerprint density at radius 1 is 1.41 bits per heavy atom. The predicted octanol–water partition coefficient (Wildman–Crippen LogP) is 0.646. The SMILES string of the molecule is CC(CNCc1ccc[nH]1)CN1CCNCC1. The third-order valence-electron chi connectivity index (χ3n) is 3.25. The van der Waals surface area contributed by atoms with Gasteiger partial charge in [0.2, 0.25) is 0 Å². The number of nitrogens with one attached hydrogen (secondary N) is 3. The van der Waals surface area contributed by atoms with Crippen LogP contribution in [0.15, 0.2) is 18.3 Å². The van der Waals surface area contributed by atoms with E-state index in [0.29, 0.717) is 5.92 Å². The standard InChI is InChI=1S/C13H24N4/c1-12(11-17-7-5-14-6-8-17)9-15-10-13-3-2-4-16-13/h2-4,12,14-16H,5-11H2,1H3. The fraction of sp³-hybridized carbons (Fsp3) is 0.692. The molecule has 96 valence electrons. The zero-order valence-electron chi connectivity index (χ0n) is 10.7. The van der Waals surface area contributed by atoms with Gasteiger partial charge in [0, 0.05) is 51.2 Å². The summed E-state index contributed by atoms with van der Waals surface area (Å²) >= 11 is 0. The van der Waals surface area contributed by atoms with Gasteiger partial charge in [-0.2, -0.15) is 0 Å². The van der Waals surface area contributed by atoms with E-state index in [4.69, 9.17) is 0 Å². The van der Waals surface area contributed by atoms with Crippen molar-refractivity contribution in [2.75, 3.05) is 39.3 Å². The van der Waals surface area contributed by atoms with Crippen molar-refractivity contribution in [2.45, 2.75) is 13.5 Å². The van der Waals surface area contributed by atoms with Crippen molar-refractivity contribution >= 4 is 0 Å². The number of H-pyrrole nitrogens is 1. The van der Waals surface area contributed by atoms with Crippen LogP contribution in [0.1, 0.15) is 12.6 Å². The van der Waals surface area contributed by atoms with E-state index in [-0.39, 0.29) is 0 Å². The number of nitrogens with zero attached hydrogens (tertiary/aromatic N) is 1. The van der Waals surface area contributed by atoms with Crippen LogP contribution in [-0.4, -0.2) is 49.2 Å². The normalized spacial score (nSPS) is 19.4. The molecule has 1 atom stereocenters. The second-order valence-corrected chi connectivity index (χ2v) is 4.98. The van der Waals surface area contributed by atoms with E-state index in [1.165, 1.54) is 25.3 Å². The molecule has 0 saturated carbocycles. The van der Waals surface area contributed by atoms with Gasteiger partial charge in [0.05, 0.1) is 0 Å². The Morgan fingerprint density at radius 3 is 2.94 bits per heavy atom. The van der Waals surface area contributed by atoms with Crippen LogP contribution in [0.25, 0.3) is 0 Å². The molecule has 3 N–H and O–H groups in total. The second kappa shape index (κ2) is 6.79. The van der Waals surface area contributed by atoms with Crippen LogP contribution in [0.3, 0.4) is 0 Å². The summed E-state index contributed by atoms with van der Waals surface area (Å²) in [6.07, 6.45) is 1.97. The highest BCUT2D eigenvalue weighted by Gasteiger charge is 2.12. The molecule has 1 aromatic rings. The first-order chi connectivity index (χ1) is 8.34. The molecule has 1 unspecified atom stereocenters. The lowest BCUT2D eigenvalue weighted by Gasteiger charge is -2.29.